The predicted molar refractivity (Wildman–Crippen MR) is 372 cm³/mol. The number of carbonyl (C=O) groups is 4. The Kier molecular flexibility index (Phi) is 61.3. The number of ether oxygens (including phenoxy) is 4. The van der Waals surface area contributed by atoms with Crippen LogP contribution in [0.1, 0.15) is 364 Å². The lowest BCUT2D eigenvalue weighted by Crippen LogP contribution is -2.30. The van der Waals surface area contributed by atoms with Crippen LogP contribution in [0.2, 0.25) is 0 Å². The molecule has 0 amide bonds. The van der Waals surface area contributed by atoms with E-state index in [9.17, 15) is 43.2 Å². The monoisotopic (exact) mass is 1350 g/mol. The topological polar surface area (TPSA) is 237 Å². The lowest BCUT2D eigenvalue weighted by molar-refractivity contribution is -0.161. The van der Waals surface area contributed by atoms with E-state index >= 15 is 0 Å². The van der Waals surface area contributed by atoms with Crippen molar-refractivity contribution in [3.8, 4) is 0 Å². The maximum Gasteiger partial charge on any atom is 0.472 e. The molecule has 0 saturated heterocycles. The number of phosphoric ester groups is 2. The Hall–Kier alpha value is -1.94. The van der Waals surface area contributed by atoms with Gasteiger partial charge in [0, 0.05) is 25.7 Å². The molecule has 0 aromatic heterocycles. The average molecular weight is 1350 g/mol. The van der Waals surface area contributed by atoms with E-state index in [1.54, 1.807) is 0 Å². The molecule has 3 N–H and O–H groups in total. The molecule has 0 aliphatic heterocycles. The lowest BCUT2D eigenvalue weighted by atomic mass is 10.00. The van der Waals surface area contributed by atoms with Crippen molar-refractivity contribution in [1.82, 2.24) is 0 Å². The summed E-state index contributed by atoms with van der Waals surface area (Å²) in [6.07, 6.45) is 46.0. The van der Waals surface area contributed by atoms with Crippen LogP contribution in [0.15, 0.2) is 0 Å². The fourth-order valence-electron chi connectivity index (χ4n) is 11.0. The van der Waals surface area contributed by atoms with E-state index in [0.717, 1.165) is 120 Å². The van der Waals surface area contributed by atoms with Crippen molar-refractivity contribution < 1.29 is 80.2 Å². The highest BCUT2D eigenvalue weighted by atomic mass is 31.2. The predicted octanol–water partition coefficient (Wildman–Crippen LogP) is 20.9. The molecule has 546 valence electrons. The van der Waals surface area contributed by atoms with Crippen LogP contribution in [0, 0.1) is 23.7 Å². The van der Waals surface area contributed by atoms with Gasteiger partial charge >= 0.3 is 39.5 Å². The molecule has 6 atom stereocenters. The Morgan fingerprint density at radius 1 is 0.304 bits per heavy atom. The fourth-order valence-corrected chi connectivity index (χ4v) is 12.6. The van der Waals surface area contributed by atoms with Gasteiger partial charge in [-0.05, 0) is 49.4 Å². The van der Waals surface area contributed by atoms with Crippen LogP contribution >= 0.6 is 15.6 Å². The number of phosphoric acid groups is 2. The van der Waals surface area contributed by atoms with Crippen molar-refractivity contribution in [3.05, 3.63) is 0 Å². The first-order valence-electron chi connectivity index (χ1n) is 37.7. The molecule has 0 spiro atoms. The van der Waals surface area contributed by atoms with Crippen LogP contribution in [0.25, 0.3) is 0 Å². The van der Waals surface area contributed by atoms with Gasteiger partial charge in [0.05, 0.1) is 26.4 Å². The van der Waals surface area contributed by atoms with Crippen molar-refractivity contribution in [2.45, 2.75) is 382 Å². The zero-order valence-corrected chi connectivity index (χ0v) is 62.0. The Balaban J connectivity index is 5.21. The number of aliphatic hydroxyl groups is 1. The van der Waals surface area contributed by atoms with Crippen molar-refractivity contribution in [3.63, 3.8) is 0 Å². The summed E-state index contributed by atoms with van der Waals surface area (Å²) in [4.78, 5) is 72.6. The van der Waals surface area contributed by atoms with E-state index in [2.05, 4.69) is 55.4 Å². The smallest absolute Gasteiger partial charge is 0.462 e. The number of unbranched alkanes of at least 4 members (excludes halogenated alkanes) is 35. The summed E-state index contributed by atoms with van der Waals surface area (Å²) < 4.78 is 68.4. The number of hydrogen-bond donors (Lipinski definition) is 3. The molecule has 0 fully saturated rings. The molecule has 17 nitrogen and oxygen atoms in total. The van der Waals surface area contributed by atoms with Gasteiger partial charge in [-0.15, -0.1) is 0 Å². The Morgan fingerprint density at radius 3 is 0.772 bits per heavy atom. The van der Waals surface area contributed by atoms with Gasteiger partial charge in [0.15, 0.2) is 12.2 Å². The highest BCUT2D eigenvalue weighted by Gasteiger charge is 2.30. The van der Waals surface area contributed by atoms with E-state index in [4.69, 9.17) is 37.0 Å². The van der Waals surface area contributed by atoms with Crippen LogP contribution in [-0.2, 0) is 65.4 Å². The minimum Gasteiger partial charge on any atom is -0.462 e. The van der Waals surface area contributed by atoms with Gasteiger partial charge in [-0.3, -0.25) is 37.3 Å². The number of hydrogen-bond acceptors (Lipinski definition) is 15. The molecule has 0 heterocycles. The van der Waals surface area contributed by atoms with Crippen LogP contribution < -0.4 is 0 Å². The fraction of sp³-hybridized carbons (Fsp3) is 0.945. The average Bonchev–Trinajstić information content (AvgIpc) is 2.01. The highest BCUT2D eigenvalue weighted by molar-refractivity contribution is 7.47. The van der Waals surface area contributed by atoms with E-state index in [1.807, 2.05) is 0 Å². The van der Waals surface area contributed by atoms with Gasteiger partial charge in [-0.1, -0.05) is 312 Å². The van der Waals surface area contributed by atoms with Gasteiger partial charge in [0.25, 0.3) is 0 Å². The first kappa shape index (κ1) is 90.1. The van der Waals surface area contributed by atoms with E-state index in [1.165, 1.54) is 154 Å². The summed E-state index contributed by atoms with van der Waals surface area (Å²) in [5, 5.41) is 10.6. The van der Waals surface area contributed by atoms with E-state index in [-0.39, 0.29) is 25.7 Å². The van der Waals surface area contributed by atoms with Crippen LogP contribution in [-0.4, -0.2) is 96.7 Å². The second-order valence-corrected chi connectivity index (χ2v) is 30.9. The number of carbonyl (C=O) groups excluding carboxylic acids is 4. The molecule has 0 radical (unpaired) electrons. The maximum atomic E-state index is 13.0. The van der Waals surface area contributed by atoms with Crippen LogP contribution in [0.3, 0.4) is 0 Å². The van der Waals surface area contributed by atoms with Crippen molar-refractivity contribution in [1.29, 1.82) is 0 Å². The summed E-state index contributed by atoms with van der Waals surface area (Å²) in [5.41, 5.74) is 0. The Morgan fingerprint density at radius 2 is 0.522 bits per heavy atom. The molecule has 19 heteroatoms. The van der Waals surface area contributed by atoms with E-state index < -0.39 is 97.5 Å². The third-order valence-electron chi connectivity index (χ3n) is 17.2. The molecule has 0 rings (SSSR count). The summed E-state index contributed by atoms with van der Waals surface area (Å²) in [7, 11) is -9.91. The van der Waals surface area contributed by atoms with Crippen LogP contribution in [0.4, 0.5) is 0 Å². The van der Waals surface area contributed by atoms with Crippen molar-refractivity contribution >= 4 is 39.5 Å². The standard InChI is InChI=1S/C73H142O17P2/c1-9-66(8)52-44-36-31-32-38-46-54-71(76)84-60-69(90-73(78)56-48-40-29-23-19-18-21-26-34-42-50-64(4)5)62-88-92(81,82)86-58-67(74)57-85-91(79,80)87-61-68(59-83-70(75)53-45-37-30-24-27-35-43-51-65(6)7)89-72(77)55-47-39-28-22-17-15-13-11-10-12-14-16-20-25-33-41-49-63(2)3/h63-69,74H,9-62H2,1-8H3,(H,79,80)(H,81,82)/t66?,67-,68-,69-/m1/s1. The molecule has 0 bridgehead atoms. The van der Waals surface area contributed by atoms with Gasteiger partial charge in [0.2, 0.25) is 0 Å². The van der Waals surface area contributed by atoms with Gasteiger partial charge < -0.3 is 33.8 Å². The number of aliphatic hydroxyl groups excluding tert-OH is 1. The maximum absolute atomic E-state index is 13.0. The molecule has 3 unspecified atom stereocenters. The largest absolute Gasteiger partial charge is 0.472 e. The number of esters is 4. The zero-order valence-electron chi connectivity index (χ0n) is 60.2. The summed E-state index contributed by atoms with van der Waals surface area (Å²) >= 11 is 0. The van der Waals surface area contributed by atoms with Crippen molar-refractivity contribution in [2.75, 3.05) is 39.6 Å². The molecule has 0 aromatic carbocycles. The Labute approximate surface area is 562 Å². The first-order valence-corrected chi connectivity index (χ1v) is 40.7. The molecule has 0 saturated carbocycles. The third-order valence-corrected chi connectivity index (χ3v) is 19.1. The normalized spacial score (nSPS) is 14.5. The van der Waals surface area contributed by atoms with Gasteiger partial charge in [-0.25, -0.2) is 9.13 Å². The summed E-state index contributed by atoms with van der Waals surface area (Å²) in [6, 6.07) is 0. The first-order chi connectivity index (χ1) is 44.1. The SMILES string of the molecule is CCC(C)CCCCCCCCC(=O)OC[C@H](COP(=O)(O)OC[C@H](O)COP(=O)(O)OC[C@@H](COC(=O)CCCCCCCCCC(C)C)OC(=O)CCCCCCCCCCCCCCCCCCC(C)C)OC(=O)CCCCCCCCCCCCC(C)C. The van der Waals surface area contributed by atoms with E-state index in [0.29, 0.717) is 31.6 Å². The second kappa shape index (κ2) is 62.6. The quantitative estimate of drug-likeness (QED) is 0.0222. The summed E-state index contributed by atoms with van der Waals surface area (Å²) in [5.74, 6) is 0.870. The van der Waals surface area contributed by atoms with Gasteiger partial charge in [-0.2, -0.15) is 0 Å². The Bertz CT molecular complexity index is 1820. The number of rotatable bonds is 70. The molecule has 0 aliphatic rings. The minimum atomic E-state index is -4.95. The van der Waals surface area contributed by atoms with Crippen molar-refractivity contribution in [2.24, 2.45) is 23.7 Å². The molecular weight excluding hydrogens is 1210 g/mol. The molecule has 92 heavy (non-hydrogen) atoms. The zero-order chi connectivity index (χ0) is 68.2. The minimum absolute atomic E-state index is 0.104. The molecule has 0 aromatic rings. The molecular formula is C73H142O17P2. The highest BCUT2D eigenvalue weighted by Crippen LogP contribution is 2.45. The third kappa shape index (κ3) is 65.4. The molecule has 0 aliphatic carbocycles. The van der Waals surface area contributed by atoms with Crippen LogP contribution in [0.5, 0.6) is 0 Å². The second-order valence-electron chi connectivity index (χ2n) is 28.0. The lowest BCUT2D eigenvalue weighted by Gasteiger charge is -2.21. The van der Waals surface area contributed by atoms with Gasteiger partial charge in [0.1, 0.15) is 19.3 Å². The summed E-state index contributed by atoms with van der Waals surface area (Å²) in [6.45, 7) is 14.1.